The highest BCUT2D eigenvalue weighted by Gasteiger charge is 2.34. The number of thiazole rings is 1. The highest BCUT2D eigenvalue weighted by atomic mass is 32.2. The van der Waals surface area contributed by atoms with Gasteiger partial charge in [-0.1, -0.05) is 23.5 Å². The van der Waals surface area contributed by atoms with Gasteiger partial charge in [0.2, 0.25) is 5.91 Å². The number of Topliss-reactive ketones (excluding diaryl/α,β-unsaturated/α-hetero) is 1. The van der Waals surface area contributed by atoms with Gasteiger partial charge in [0.1, 0.15) is 4.90 Å². The molecule has 1 N–H and O–H groups in total. The van der Waals surface area contributed by atoms with Crippen LogP contribution in [0.3, 0.4) is 0 Å². The van der Waals surface area contributed by atoms with E-state index in [4.69, 9.17) is 0 Å². The van der Waals surface area contributed by atoms with E-state index in [1.165, 1.54) is 18.3 Å². The number of sulfonamides is 1. The van der Waals surface area contributed by atoms with Gasteiger partial charge >= 0.3 is 0 Å². The molecule has 0 radical (unpaired) electrons. The summed E-state index contributed by atoms with van der Waals surface area (Å²) in [5, 5.41) is 3.24. The first-order chi connectivity index (χ1) is 13.8. The van der Waals surface area contributed by atoms with E-state index >= 15 is 0 Å². The summed E-state index contributed by atoms with van der Waals surface area (Å²) in [6, 6.07) is 6.80. The molecule has 152 valence electrons. The van der Waals surface area contributed by atoms with E-state index in [0.29, 0.717) is 53.0 Å². The van der Waals surface area contributed by atoms with Crippen molar-refractivity contribution in [3.8, 4) is 0 Å². The number of rotatable bonds is 3. The minimum absolute atomic E-state index is 0.0682. The first-order valence-electron chi connectivity index (χ1n) is 9.25. The number of piperidine rings is 1. The Kier molecular flexibility index (Phi) is 4.99. The minimum atomic E-state index is -3.65. The summed E-state index contributed by atoms with van der Waals surface area (Å²) in [7, 11) is -3.65. The van der Waals surface area contributed by atoms with Crippen molar-refractivity contribution in [3.05, 3.63) is 40.4 Å². The Morgan fingerprint density at radius 1 is 1.21 bits per heavy atom. The summed E-state index contributed by atoms with van der Waals surface area (Å²) >= 11 is 1.18. The van der Waals surface area contributed by atoms with Crippen LogP contribution in [0.25, 0.3) is 0 Å². The van der Waals surface area contributed by atoms with Crippen molar-refractivity contribution >= 4 is 44.0 Å². The summed E-state index contributed by atoms with van der Waals surface area (Å²) in [6.45, 7) is 4.30. The molecule has 10 heteroatoms. The van der Waals surface area contributed by atoms with Crippen LogP contribution >= 0.6 is 11.3 Å². The number of aryl methyl sites for hydroxylation is 1. The average molecular weight is 433 g/mol. The number of aromatic nitrogens is 1. The van der Waals surface area contributed by atoms with Crippen molar-refractivity contribution in [2.45, 2.75) is 31.6 Å². The molecular weight excluding hydrogens is 412 g/mol. The monoisotopic (exact) mass is 432 g/mol. The van der Waals surface area contributed by atoms with Crippen molar-refractivity contribution in [2.75, 3.05) is 18.4 Å². The van der Waals surface area contributed by atoms with Crippen molar-refractivity contribution in [3.63, 3.8) is 0 Å². The molecular formula is C19H20N4O4S2. The number of fused-ring (bicyclic) bond motifs is 1. The number of nitrogens with one attached hydrogen (secondary N) is 1. The lowest BCUT2D eigenvalue weighted by molar-refractivity contribution is -0.120. The van der Waals surface area contributed by atoms with Gasteiger partial charge in [-0.05, 0) is 31.9 Å². The third kappa shape index (κ3) is 3.69. The maximum Gasteiger partial charge on any atom is 0.285 e. The third-order valence-electron chi connectivity index (χ3n) is 5.12. The lowest BCUT2D eigenvalue weighted by Crippen LogP contribution is -2.41. The predicted octanol–water partition coefficient (Wildman–Crippen LogP) is 2.45. The third-order valence-corrected chi connectivity index (χ3v) is 7.62. The largest absolute Gasteiger partial charge is 0.355 e. The molecule has 29 heavy (non-hydrogen) atoms. The highest BCUT2D eigenvalue weighted by molar-refractivity contribution is 7.90. The van der Waals surface area contributed by atoms with Crippen LogP contribution in [0.15, 0.2) is 33.6 Å². The molecule has 8 nitrogen and oxygen atoms in total. The molecule has 1 aromatic heterocycles. The molecule has 2 aliphatic rings. The topological polar surface area (TPSA) is 109 Å². The minimum Gasteiger partial charge on any atom is -0.355 e. The van der Waals surface area contributed by atoms with Crippen LogP contribution < -0.4 is 5.32 Å². The SMILES string of the molecule is CC(=O)c1sc(NC(=O)C2CCN(C3=NS(=O)(=O)c4ccccc43)CC2)nc1C. The molecule has 1 saturated heterocycles. The zero-order chi connectivity index (χ0) is 20.8. The molecule has 1 amide bonds. The highest BCUT2D eigenvalue weighted by Crippen LogP contribution is 2.30. The molecule has 1 fully saturated rings. The Balaban J connectivity index is 1.42. The van der Waals surface area contributed by atoms with Crippen LogP contribution in [0.4, 0.5) is 5.13 Å². The molecule has 0 atom stereocenters. The Morgan fingerprint density at radius 2 is 1.90 bits per heavy atom. The molecule has 1 aromatic carbocycles. The first-order valence-corrected chi connectivity index (χ1v) is 11.5. The standard InChI is InChI=1S/C19H20N4O4S2/c1-11-16(12(2)24)28-19(20-11)21-18(25)13-7-9-23(10-8-13)17-14-5-3-4-6-15(14)29(26,27)22-17/h3-6,13H,7-10H2,1-2H3,(H,20,21,25). The van der Waals surface area contributed by atoms with Gasteiger partial charge < -0.3 is 10.2 Å². The molecule has 2 aromatic rings. The number of carbonyl (C=O) groups excluding carboxylic acids is 2. The fraction of sp³-hybridized carbons (Fsp3) is 0.368. The van der Waals surface area contributed by atoms with Crippen LogP contribution in [-0.2, 0) is 14.8 Å². The molecule has 2 aliphatic heterocycles. The van der Waals surface area contributed by atoms with Gasteiger partial charge in [-0.15, -0.1) is 4.40 Å². The van der Waals surface area contributed by atoms with Crippen molar-refractivity contribution in [1.82, 2.24) is 9.88 Å². The maximum absolute atomic E-state index is 12.6. The van der Waals surface area contributed by atoms with Gasteiger partial charge in [0.05, 0.1) is 10.6 Å². The summed E-state index contributed by atoms with van der Waals surface area (Å²) in [5.74, 6) is 0.0578. The summed E-state index contributed by atoms with van der Waals surface area (Å²) in [5.41, 5.74) is 1.23. The van der Waals surface area contributed by atoms with Crippen LogP contribution in [0.1, 0.15) is 40.7 Å². The number of amides is 1. The van der Waals surface area contributed by atoms with E-state index in [1.807, 2.05) is 4.90 Å². The van der Waals surface area contributed by atoms with Gasteiger partial charge in [0, 0.05) is 31.5 Å². The molecule has 0 bridgehead atoms. The lowest BCUT2D eigenvalue weighted by atomic mass is 9.95. The van der Waals surface area contributed by atoms with Gasteiger partial charge in [-0.2, -0.15) is 8.42 Å². The number of likely N-dealkylation sites (tertiary alicyclic amines) is 1. The van der Waals surface area contributed by atoms with Gasteiger partial charge in [-0.25, -0.2) is 4.98 Å². The summed E-state index contributed by atoms with van der Waals surface area (Å²) < 4.78 is 28.5. The quantitative estimate of drug-likeness (QED) is 0.747. The van der Waals surface area contributed by atoms with Crippen LogP contribution in [0, 0.1) is 12.8 Å². The number of hydrogen-bond donors (Lipinski definition) is 1. The van der Waals surface area contributed by atoms with Crippen LogP contribution in [0.2, 0.25) is 0 Å². The van der Waals surface area contributed by atoms with E-state index in [1.54, 1.807) is 31.2 Å². The summed E-state index contributed by atoms with van der Waals surface area (Å²) in [6.07, 6.45) is 1.16. The number of anilines is 1. The van der Waals surface area contributed by atoms with E-state index in [-0.39, 0.29) is 22.5 Å². The van der Waals surface area contributed by atoms with E-state index in [2.05, 4.69) is 14.7 Å². The molecule has 3 heterocycles. The first kappa shape index (κ1) is 19.7. The second kappa shape index (κ2) is 7.34. The zero-order valence-electron chi connectivity index (χ0n) is 16.0. The number of carbonyl (C=O) groups is 2. The number of nitrogens with zero attached hydrogens (tertiary/aromatic N) is 3. The summed E-state index contributed by atoms with van der Waals surface area (Å²) in [4.78, 5) is 31.1. The van der Waals surface area contributed by atoms with Crippen molar-refractivity contribution in [2.24, 2.45) is 10.3 Å². The predicted molar refractivity (Wildman–Crippen MR) is 110 cm³/mol. The Labute approximate surface area is 172 Å². The Bertz CT molecular complexity index is 1130. The molecule has 0 unspecified atom stereocenters. The van der Waals surface area contributed by atoms with Crippen LogP contribution in [0.5, 0.6) is 0 Å². The van der Waals surface area contributed by atoms with E-state index in [9.17, 15) is 18.0 Å². The molecule has 0 spiro atoms. The number of amidine groups is 1. The Hall–Kier alpha value is -2.59. The smallest absolute Gasteiger partial charge is 0.285 e. The number of benzene rings is 1. The molecule has 0 saturated carbocycles. The van der Waals surface area contributed by atoms with Crippen molar-refractivity contribution in [1.29, 1.82) is 0 Å². The maximum atomic E-state index is 12.6. The van der Waals surface area contributed by atoms with Crippen molar-refractivity contribution < 1.29 is 18.0 Å². The van der Waals surface area contributed by atoms with Gasteiger partial charge in [0.15, 0.2) is 16.8 Å². The normalized spacial score (nSPS) is 18.3. The zero-order valence-corrected chi connectivity index (χ0v) is 17.6. The lowest BCUT2D eigenvalue weighted by Gasteiger charge is -2.32. The van der Waals surface area contributed by atoms with Gasteiger partial charge in [-0.3, -0.25) is 9.59 Å². The van der Waals surface area contributed by atoms with E-state index in [0.717, 1.165) is 0 Å². The fourth-order valence-corrected chi connectivity index (χ4v) is 5.75. The van der Waals surface area contributed by atoms with Gasteiger partial charge in [0.25, 0.3) is 10.0 Å². The second-order valence-corrected chi connectivity index (χ2v) is 9.70. The second-order valence-electron chi connectivity index (χ2n) is 7.13. The average Bonchev–Trinajstić information content (AvgIpc) is 3.19. The number of ketones is 1. The molecule has 0 aliphatic carbocycles. The Morgan fingerprint density at radius 3 is 2.55 bits per heavy atom. The molecule has 4 rings (SSSR count). The van der Waals surface area contributed by atoms with E-state index < -0.39 is 10.0 Å². The number of hydrogen-bond acceptors (Lipinski definition) is 7. The fourth-order valence-electron chi connectivity index (χ4n) is 3.65. The van der Waals surface area contributed by atoms with Crippen LogP contribution in [-0.4, -0.2) is 48.9 Å².